The molecule has 1 amide bonds. The minimum atomic E-state index is -0.493. The van der Waals surface area contributed by atoms with Crippen LogP contribution in [0.2, 0.25) is 0 Å². The fourth-order valence-electron chi connectivity index (χ4n) is 2.05. The molecule has 21 heavy (non-hydrogen) atoms. The number of halogens is 1. The molecule has 0 saturated carbocycles. The summed E-state index contributed by atoms with van der Waals surface area (Å²) in [5, 5.41) is 0. The number of hydrogen-bond acceptors (Lipinski definition) is 3. The largest absolute Gasteiger partial charge is 0.494 e. The Kier molecular flexibility index (Phi) is 4.42. The molecule has 0 atom stereocenters. The molecule has 0 fully saturated rings. The zero-order chi connectivity index (χ0) is 15.4. The maximum absolute atomic E-state index is 13.4. The summed E-state index contributed by atoms with van der Waals surface area (Å²) in [6, 6.07) is 11.4. The standard InChI is InChI=1S/C16H17FN2O2/c1-19(10-11-4-3-5-13(18)8-11)16(20)12-6-7-14(17)15(9-12)21-2/h3-9H,10,18H2,1-2H3. The van der Waals surface area contributed by atoms with Gasteiger partial charge < -0.3 is 15.4 Å². The zero-order valence-electron chi connectivity index (χ0n) is 12.0. The Morgan fingerprint density at radius 2 is 2.05 bits per heavy atom. The third-order valence-corrected chi connectivity index (χ3v) is 3.12. The highest BCUT2D eigenvalue weighted by Crippen LogP contribution is 2.19. The van der Waals surface area contributed by atoms with E-state index in [0.29, 0.717) is 17.8 Å². The molecule has 110 valence electrons. The van der Waals surface area contributed by atoms with E-state index in [1.807, 2.05) is 18.2 Å². The van der Waals surface area contributed by atoms with E-state index < -0.39 is 5.82 Å². The fraction of sp³-hybridized carbons (Fsp3) is 0.188. The Morgan fingerprint density at radius 1 is 1.29 bits per heavy atom. The van der Waals surface area contributed by atoms with Gasteiger partial charge in [-0.05, 0) is 35.9 Å². The van der Waals surface area contributed by atoms with Gasteiger partial charge in [-0.25, -0.2) is 4.39 Å². The highest BCUT2D eigenvalue weighted by Gasteiger charge is 2.14. The van der Waals surface area contributed by atoms with Crippen LogP contribution in [0.4, 0.5) is 10.1 Å². The molecule has 0 unspecified atom stereocenters. The summed E-state index contributed by atoms with van der Waals surface area (Å²) in [7, 11) is 3.05. The number of nitrogen functional groups attached to an aromatic ring is 1. The van der Waals surface area contributed by atoms with Gasteiger partial charge in [0.2, 0.25) is 0 Å². The van der Waals surface area contributed by atoms with E-state index in [0.717, 1.165) is 5.56 Å². The topological polar surface area (TPSA) is 55.6 Å². The van der Waals surface area contributed by atoms with Gasteiger partial charge in [0.15, 0.2) is 11.6 Å². The van der Waals surface area contributed by atoms with E-state index in [2.05, 4.69) is 0 Å². The molecule has 0 radical (unpaired) electrons. The first-order valence-corrected chi connectivity index (χ1v) is 6.44. The molecule has 0 saturated heterocycles. The number of amides is 1. The molecule has 2 N–H and O–H groups in total. The summed E-state index contributed by atoms with van der Waals surface area (Å²) in [5.41, 5.74) is 7.67. The third kappa shape index (κ3) is 3.51. The number of hydrogen-bond donors (Lipinski definition) is 1. The Balaban J connectivity index is 2.15. The highest BCUT2D eigenvalue weighted by atomic mass is 19.1. The van der Waals surface area contributed by atoms with E-state index >= 15 is 0 Å². The summed E-state index contributed by atoms with van der Waals surface area (Å²) in [6.45, 7) is 0.420. The first kappa shape index (κ1) is 14.8. The van der Waals surface area contributed by atoms with Crippen molar-refractivity contribution in [2.45, 2.75) is 6.54 Å². The maximum Gasteiger partial charge on any atom is 0.254 e. The van der Waals surface area contributed by atoms with E-state index in [1.54, 1.807) is 18.0 Å². The van der Waals surface area contributed by atoms with Crippen LogP contribution in [-0.2, 0) is 6.54 Å². The second kappa shape index (κ2) is 6.26. The fourth-order valence-corrected chi connectivity index (χ4v) is 2.05. The lowest BCUT2D eigenvalue weighted by Gasteiger charge is -2.18. The lowest BCUT2D eigenvalue weighted by Crippen LogP contribution is -2.26. The van der Waals surface area contributed by atoms with Gasteiger partial charge in [-0.2, -0.15) is 0 Å². The number of rotatable bonds is 4. The van der Waals surface area contributed by atoms with Crippen LogP contribution in [0.15, 0.2) is 42.5 Å². The van der Waals surface area contributed by atoms with E-state index in [4.69, 9.17) is 10.5 Å². The molecule has 0 bridgehead atoms. The Hall–Kier alpha value is -2.56. The Bertz CT molecular complexity index is 658. The molecule has 5 heteroatoms. The average molecular weight is 288 g/mol. The van der Waals surface area contributed by atoms with Gasteiger partial charge in [0.05, 0.1) is 7.11 Å². The molecule has 0 aromatic heterocycles. The molecule has 0 aliphatic carbocycles. The van der Waals surface area contributed by atoms with Gasteiger partial charge in [-0.15, -0.1) is 0 Å². The minimum absolute atomic E-state index is 0.0539. The van der Waals surface area contributed by atoms with Gasteiger partial charge in [0.1, 0.15) is 0 Å². The first-order chi connectivity index (χ1) is 10.0. The normalized spacial score (nSPS) is 10.2. The van der Waals surface area contributed by atoms with Crippen molar-refractivity contribution in [1.82, 2.24) is 4.90 Å². The highest BCUT2D eigenvalue weighted by molar-refractivity contribution is 5.94. The molecule has 0 aliphatic rings. The summed E-state index contributed by atoms with van der Waals surface area (Å²) in [6.07, 6.45) is 0. The second-order valence-electron chi connectivity index (χ2n) is 4.76. The van der Waals surface area contributed by atoms with Crippen molar-refractivity contribution in [1.29, 1.82) is 0 Å². The summed E-state index contributed by atoms with van der Waals surface area (Å²) in [4.78, 5) is 13.9. The molecule has 2 aromatic rings. The Morgan fingerprint density at radius 3 is 2.71 bits per heavy atom. The molecule has 4 nitrogen and oxygen atoms in total. The van der Waals surface area contributed by atoms with Gasteiger partial charge in [-0.3, -0.25) is 4.79 Å². The van der Waals surface area contributed by atoms with Crippen LogP contribution in [0, 0.1) is 5.82 Å². The SMILES string of the molecule is COc1cc(C(=O)N(C)Cc2cccc(N)c2)ccc1F. The predicted octanol–water partition coefficient (Wildman–Crippen LogP) is 2.69. The van der Waals surface area contributed by atoms with Crippen LogP contribution in [-0.4, -0.2) is 25.0 Å². The van der Waals surface area contributed by atoms with Crippen LogP contribution in [0.1, 0.15) is 15.9 Å². The van der Waals surface area contributed by atoms with Crippen molar-refractivity contribution in [3.63, 3.8) is 0 Å². The molecule has 2 rings (SSSR count). The lowest BCUT2D eigenvalue weighted by molar-refractivity contribution is 0.0784. The van der Waals surface area contributed by atoms with Gasteiger partial charge in [-0.1, -0.05) is 12.1 Å². The number of carbonyl (C=O) groups excluding carboxylic acids is 1. The van der Waals surface area contributed by atoms with Crippen LogP contribution in [0.5, 0.6) is 5.75 Å². The number of methoxy groups -OCH3 is 1. The van der Waals surface area contributed by atoms with Crippen molar-refractivity contribution < 1.29 is 13.9 Å². The zero-order valence-corrected chi connectivity index (χ0v) is 12.0. The van der Waals surface area contributed by atoms with Gasteiger partial charge >= 0.3 is 0 Å². The number of nitrogens with two attached hydrogens (primary N) is 1. The van der Waals surface area contributed by atoms with Crippen molar-refractivity contribution >= 4 is 11.6 Å². The molecule has 0 heterocycles. The second-order valence-corrected chi connectivity index (χ2v) is 4.76. The van der Waals surface area contributed by atoms with Crippen LogP contribution in [0.3, 0.4) is 0 Å². The quantitative estimate of drug-likeness (QED) is 0.880. The van der Waals surface area contributed by atoms with Crippen molar-refractivity contribution in [3.8, 4) is 5.75 Å². The summed E-state index contributed by atoms with van der Waals surface area (Å²) in [5.74, 6) is -0.651. The lowest BCUT2D eigenvalue weighted by atomic mass is 10.1. The monoisotopic (exact) mass is 288 g/mol. The van der Waals surface area contributed by atoms with E-state index in [1.165, 1.54) is 25.3 Å². The van der Waals surface area contributed by atoms with Crippen LogP contribution >= 0.6 is 0 Å². The number of carbonyl (C=O) groups is 1. The molecule has 0 spiro atoms. The van der Waals surface area contributed by atoms with E-state index in [9.17, 15) is 9.18 Å². The average Bonchev–Trinajstić information content (AvgIpc) is 2.47. The summed E-state index contributed by atoms with van der Waals surface area (Å²) >= 11 is 0. The number of nitrogens with zero attached hydrogens (tertiary/aromatic N) is 1. The molecular weight excluding hydrogens is 271 g/mol. The number of anilines is 1. The minimum Gasteiger partial charge on any atom is -0.494 e. The van der Waals surface area contributed by atoms with Crippen LogP contribution in [0.25, 0.3) is 0 Å². The maximum atomic E-state index is 13.4. The van der Waals surface area contributed by atoms with Gasteiger partial charge in [0, 0.05) is 24.8 Å². The first-order valence-electron chi connectivity index (χ1n) is 6.44. The molecule has 0 aliphatic heterocycles. The third-order valence-electron chi connectivity index (χ3n) is 3.12. The van der Waals surface area contributed by atoms with Crippen molar-refractivity contribution in [3.05, 3.63) is 59.4 Å². The van der Waals surface area contributed by atoms with Gasteiger partial charge in [0.25, 0.3) is 5.91 Å². The van der Waals surface area contributed by atoms with E-state index in [-0.39, 0.29) is 11.7 Å². The smallest absolute Gasteiger partial charge is 0.254 e. The van der Waals surface area contributed by atoms with Crippen LogP contribution < -0.4 is 10.5 Å². The Labute approximate surface area is 122 Å². The number of benzene rings is 2. The predicted molar refractivity (Wildman–Crippen MR) is 79.6 cm³/mol. The summed E-state index contributed by atoms with van der Waals surface area (Å²) < 4.78 is 18.2. The number of ether oxygens (including phenoxy) is 1. The van der Waals surface area contributed by atoms with Crippen molar-refractivity contribution in [2.24, 2.45) is 0 Å². The molecule has 2 aromatic carbocycles. The van der Waals surface area contributed by atoms with Crippen molar-refractivity contribution in [2.75, 3.05) is 19.9 Å². The molecular formula is C16H17FN2O2.